The van der Waals surface area contributed by atoms with Crippen molar-refractivity contribution in [3.63, 3.8) is 0 Å². The summed E-state index contributed by atoms with van der Waals surface area (Å²) in [6, 6.07) is 4.40. The molecule has 1 unspecified atom stereocenters. The Morgan fingerprint density at radius 2 is 1.34 bits per heavy atom. The molecule has 0 amide bonds. The first-order valence-electron chi connectivity index (χ1n) is 7.55. The van der Waals surface area contributed by atoms with E-state index in [9.17, 15) is 53.1 Å². The smallest absolute Gasteiger partial charge is 0.377 e. The number of hydrogen-bond acceptors (Lipinski definition) is 2. The van der Waals surface area contributed by atoms with Gasteiger partial charge in [-0.2, -0.15) is 48.3 Å². The zero-order valence-electron chi connectivity index (χ0n) is 14.6. The number of methoxy groups -OCH3 is 1. The second-order valence-corrected chi connectivity index (χ2v) is 6.00. The van der Waals surface area contributed by atoms with Crippen LogP contribution in [0, 0.1) is 0 Å². The van der Waals surface area contributed by atoms with E-state index >= 15 is 0 Å². The van der Waals surface area contributed by atoms with Crippen molar-refractivity contribution >= 4 is 5.78 Å². The van der Waals surface area contributed by atoms with Crippen LogP contribution < -0.4 is 0 Å². The summed E-state index contributed by atoms with van der Waals surface area (Å²) in [7, 11) is 0.665. The van der Waals surface area contributed by atoms with Crippen LogP contribution in [0.4, 0.5) is 48.3 Å². The van der Waals surface area contributed by atoms with Gasteiger partial charge in [-0.3, -0.25) is 4.79 Å². The molecule has 0 fully saturated rings. The van der Waals surface area contributed by atoms with Gasteiger partial charge in [0.2, 0.25) is 0 Å². The van der Waals surface area contributed by atoms with Crippen molar-refractivity contribution in [3.05, 3.63) is 35.4 Å². The summed E-state index contributed by atoms with van der Waals surface area (Å²) >= 11 is 0. The molecule has 1 aromatic carbocycles. The monoisotopic (exact) mass is 446 g/mol. The van der Waals surface area contributed by atoms with Crippen LogP contribution in [0.15, 0.2) is 24.3 Å². The number of carbonyl (C=O) groups excluding carboxylic acids is 1. The topological polar surface area (TPSA) is 26.3 Å². The molecule has 0 bridgehead atoms. The quantitative estimate of drug-likeness (QED) is 0.358. The minimum absolute atomic E-state index is 0.328. The molecule has 0 N–H and O–H groups in total. The Balaban J connectivity index is 3.41. The maximum atomic E-state index is 14.0. The predicted molar refractivity (Wildman–Crippen MR) is 76.7 cm³/mol. The van der Waals surface area contributed by atoms with Crippen LogP contribution in [0.3, 0.4) is 0 Å². The van der Waals surface area contributed by atoms with Gasteiger partial charge in [0, 0.05) is 19.1 Å². The maximum Gasteiger partial charge on any atom is 0.460 e. The van der Waals surface area contributed by atoms with Crippen LogP contribution in [-0.4, -0.2) is 42.8 Å². The molecule has 0 spiro atoms. The van der Waals surface area contributed by atoms with E-state index in [2.05, 4.69) is 4.74 Å². The van der Waals surface area contributed by atoms with Gasteiger partial charge < -0.3 is 4.74 Å². The Kier molecular flexibility index (Phi) is 6.69. The van der Waals surface area contributed by atoms with Crippen LogP contribution in [-0.2, 0) is 4.74 Å². The van der Waals surface area contributed by atoms with Crippen molar-refractivity contribution in [3.8, 4) is 0 Å². The van der Waals surface area contributed by atoms with Crippen molar-refractivity contribution < 1.29 is 57.8 Å². The molecule has 0 aliphatic carbocycles. The molecule has 29 heavy (non-hydrogen) atoms. The Bertz CT molecular complexity index is 741. The van der Waals surface area contributed by atoms with E-state index in [1.165, 1.54) is 6.07 Å². The molecule has 0 aliphatic heterocycles. The van der Waals surface area contributed by atoms with E-state index in [1.807, 2.05) is 0 Å². The highest BCUT2D eigenvalue weighted by Gasteiger charge is 2.87. The summed E-state index contributed by atoms with van der Waals surface area (Å²) < 4.78 is 149. The maximum absolute atomic E-state index is 14.0. The zero-order chi connectivity index (χ0) is 23.1. The molecule has 1 rings (SSSR count). The number of ketones is 1. The van der Waals surface area contributed by atoms with Gasteiger partial charge in [-0.1, -0.05) is 24.3 Å². The summed E-state index contributed by atoms with van der Waals surface area (Å²) in [4.78, 5) is 11.5. The van der Waals surface area contributed by atoms with Gasteiger partial charge in [0.25, 0.3) is 0 Å². The van der Waals surface area contributed by atoms with Crippen molar-refractivity contribution in [2.75, 3.05) is 7.11 Å². The van der Waals surface area contributed by atoms with Gasteiger partial charge in [0.15, 0.2) is 5.78 Å². The van der Waals surface area contributed by atoms with E-state index in [-0.39, 0.29) is 5.56 Å². The summed E-state index contributed by atoms with van der Waals surface area (Å²) in [5.74, 6) is -28.9. The lowest BCUT2D eigenvalue weighted by molar-refractivity contribution is -0.423. The fourth-order valence-electron chi connectivity index (χ4n) is 2.38. The summed E-state index contributed by atoms with van der Waals surface area (Å²) in [5.41, 5.74) is -0.797. The molecule has 0 radical (unpaired) electrons. The molecule has 166 valence electrons. The zero-order valence-corrected chi connectivity index (χ0v) is 14.6. The second-order valence-electron chi connectivity index (χ2n) is 6.00. The SMILES string of the molecule is COC(CC(F)(F)C(F)(F)C(F)(F)C(F)(F)C(F)(F)F)c1ccccc1C(C)=O. The second kappa shape index (κ2) is 7.73. The lowest BCUT2D eigenvalue weighted by Crippen LogP contribution is -2.66. The third-order valence-corrected chi connectivity index (χ3v) is 4.02. The normalized spacial score (nSPS) is 15.3. The Morgan fingerprint density at radius 3 is 1.76 bits per heavy atom. The highest BCUT2D eigenvalue weighted by atomic mass is 19.4. The third kappa shape index (κ3) is 4.19. The first kappa shape index (κ1) is 25.1. The predicted octanol–water partition coefficient (Wildman–Crippen LogP) is 6.07. The van der Waals surface area contributed by atoms with Crippen molar-refractivity contribution in [2.24, 2.45) is 0 Å². The van der Waals surface area contributed by atoms with Gasteiger partial charge in [-0.25, -0.2) is 0 Å². The molecule has 0 saturated heterocycles. The molecule has 1 atom stereocenters. The van der Waals surface area contributed by atoms with Crippen molar-refractivity contribution in [1.29, 1.82) is 0 Å². The molecule has 13 heteroatoms. The first-order valence-corrected chi connectivity index (χ1v) is 7.55. The van der Waals surface area contributed by atoms with E-state index in [0.717, 1.165) is 25.1 Å². The molecule has 1 aromatic rings. The number of Topliss-reactive ketones (excluding diaryl/α,β-unsaturated/α-hetero) is 1. The minimum Gasteiger partial charge on any atom is -0.377 e. The van der Waals surface area contributed by atoms with E-state index in [0.29, 0.717) is 7.11 Å². The minimum atomic E-state index is -7.49. The van der Waals surface area contributed by atoms with E-state index < -0.39 is 53.7 Å². The molecule has 0 heterocycles. The fraction of sp³-hybridized carbons (Fsp3) is 0.562. The fourth-order valence-corrected chi connectivity index (χ4v) is 2.38. The lowest BCUT2D eigenvalue weighted by Gasteiger charge is -2.38. The van der Waals surface area contributed by atoms with Gasteiger partial charge >= 0.3 is 29.9 Å². The number of carbonyl (C=O) groups is 1. The Labute approximate surface area is 156 Å². The largest absolute Gasteiger partial charge is 0.460 e. The average Bonchev–Trinajstić information content (AvgIpc) is 2.58. The molecule has 2 nitrogen and oxygen atoms in total. The summed E-state index contributed by atoms with van der Waals surface area (Å²) in [6.45, 7) is 0.955. The highest BCUT2D eigenvalue weighted by molar-refractivity contribution is 5.95. The molecule has 0 aromatic heterocycles. The van der Waals surface area contributed by atoms with Crippen LogP contribution in [0.2, 0.25) is 0 Å². The standard InChI is InChI=1S/C16H13F11O2/c1-8(28)9-5-3-4-6-10(9)11(29-2)7-12(17,18)13(19,20)14(21,22)15(23,24)16(25,26)27/h3-6,11H,7H2,1-2H3. The number of hydrogen-bond donors (Lipinski definition) is 0. The van der Waals surface area contributed by atoms with Crippen LogP contribution in [0.25, 0.3) is 0 Å². The highest BCUT2D eigenvalue weighted by Crippen LogP contribution is 2.58. The van der Waals surface area contributed by atoms with E-state index in [1.54, 1.807) is 0 Å². The summed E-state index contributed by atoms with van der Waals surface area (Å²) in [6.07, 6.45) is -11.8. The van der Waals surface area contributed by atoms with E-state index in [4.69, 9.17) is 0 Å². The number of alkyl halides is 11. The van der Waals surface area contributed by atoms with Crippen LogP contribution >= 0.6 is 0 Å². The molecule has 0 aliphatic rings. The first-order chi connectivity index (χ1) is 12.8. The number of rotatable bonds is 8. The van der Waals surface area contributed by atoms with Gasteiger partial charge in [0.05, 0.1) is 6.10 Å². The Morgan fingerprint density at radius 1 is 0.862 bits per heavy atom. The number of ether oxygens (including phenoxy) is 1. The Hall–Kier alpha value is -1.92. The van der Waals surface area contributed by atoms with Crippen LogP contribution in [0.5, 0.6) is 0 Å². The summed E-state index contributed by atoms with van der Waals surface area (Å²) in [5, 5.41) is 0. The molecule has 0 saturated carbocycles. The molecular weight excluding hydrogens is 433 g/mol. The van der Waals surface area contributed by atoms with Crippen molar-refractivity contribution in [1.82, 2.24) is 0 Å². The van der Waals surface area contributed by atoms with Crippen LogP contribution in [0.1, 0.15) is 35.4 Å². The van der Waals surface area contributed by atoms with Gasteiger partial charge in [-0.15, -0.1) is 0 Å². The average molecular weight is 446 g/mol. The van der Waals surface area contributed by atoms with Gasteiger partial charge in [0.1, 0.15) is 0 Å². The van der Waals surface area contributed by atoms with Crippen molar-refractivity contribution in [2.45, 2.75) is 49.3 Å². The third-order valence-electron chi connectivity index (χ3n) is 4.02. The number of benzene rings is 1. The van der Waals surface area contributed by atoms with Gasteiger partial charge in [-0.05, 0) is 12.5 Å². The lowest BCUT2D eigenvalue weighted by atomic mass is 9.90. The molecular formula is C16H13F11O2. The number of halogens is 11.